The summed E-state index contributed by atoms with van der Waals surface area (Å²) in [5, 5.41) is 24.7. The van der Waals surface area contributed by atoms with Crippen LogP contribution in [0.25, 0.3) is 0 Å². The van der Waals surface area contributed by atoms with Gasteiger partial charge >= 0.3 is 17.9 Å². The lowest BCUT2D eigenvalue weighted by molar-refractivity contribution is -0.139. The van der Waals surface area contributed by atoms with Crippen LogP contribution in [-0.2, 0) is 14.4 Å². The van der Waals surface area contributed by atoms with Crippen molar-refractivity contribution in [1.29, 1.82) is 0 Å². The van der Waals surface area contributed by atoms with Gasteiger partial charge in [0.05, 0.1) is 5.75 Å². The molecule has 0 saturated carbocycles. The number of nitrogens with two attached hydrogens (primary N) is 3. The van der Waals surface area contributed by atoms with Crippen LogP contribution in [0.1, 0.15) is 19.3 Å². The van der Waals surface area contributed by atoms with Gasteiger partial charge in [-0.3, -0.25) is 14.4 Å². The molecule has 0 fully saturated rings. The molecule has 0 aliphatic heterocycles. The third kappa shape index (κ3) is 16.6. The van der Waals surface area contributed by atoms with E-state index in [2.05, 4.69) is 0 Å². The number of hydrogen-bond acceptors (Lipinski definition) is 7. The van der Waals surface area contributed by atoms with Gasteiger partial charge in [-0.15, -0.1) is 11.8 Å². The number of hydrogen-bond donors (Lipinski definition) is 6. The Bertz CT molecular complexity index is 329. The molecule has 10 heteroatoms. The van der Waals surface area contributed by atoms with Crippen molar-refractivity contribution >= 4 is 29.7 Å². The summed E-state index contributed by atoms with van der Waals surface area (Å²) in [7, 11) is 0. The van der Waals surface area contributed by atoms with Gasteiger partial charge in [0.15, 0.2) is 0 Å². The van der Waals surface area contributed by atoms with Crippen LogP contribution in [0.5, 0.6) is 0 Å². The van der Waals surface area contributed by atoms with E-state index in [4.69, 9.17) is 32.5 Å². The first-order valence-electron chi connectivity index (χ1n) is 6.18. The number of carbonyl (C=O) groups is 3. The summed E-state index contributed by atoms with van der Waals surface area (Å²) < 4.78 is 0. The fourth-order valence-electron chi connectivity index (χ4n) is 0.977. The molecule has 9 N–H and O–H groups in total. The van der Waals surface area contributed by atoms with Crippen LogP contribution in [0.3, 0.4) is 0 Å². The maximum Gasteiger partial charge on any atom is 0.321 e. The molecule has 0 radical (unpaired) electrons. The van der Waals surface area contributed by atoms with E-state index in [1.54, 1.807) is 0 Å². The third-order valence-electron chi connectivity index (χ3n) is 2.13. The molecule has 0 spiro atoms. The molecule has 0 aliphatic rings. The minimum absolute atomic E-state index is 0.110. The lowest BCUT2D eigenvalue weighted by atomic mass is 10.1. The summed E-state index contributed by atoms with van der Waals surface area (Å²) in [5.74, 6) is -2.99. The van der Waals surface area contributed by atoms with Gasteiger partial charge in [-0.25, -0.2) is 0 Å². The molecule has 0 aromatic carbocycles. The van der Waals surface area contributed by atoms with E-state index in [0.29, 0.717) is 13.0 Å². The van der Waals surface area contributed by atoms with Gasteiger partial charge in [-0.1, -0.05) is 6.42 Å². The smallest absolute Gasteiger partial charge is 0.321 e. The minimum atomic E-state index is -1.11. The van der Waals surface area contributed by atoms with Gasteiger partial charge in [0.1, 0.15) is 12.1 Å². The normalized spacial score (nSPS) is 12.7. The zero-order chi connectivity index (χ0) is 16.8. The predicted molar refractivity (Wildman–Crippen MR) is 79.1 cm³/mol. The van der Waals surface area contributed by atoms with Crippen LogP contribution in [0.2, 0.25) is 0 Å². The van der Waals surface area contributed by atoms with E-state index in [1.807, 2.05) is 0 Å². The minimum Gasteiger partial charge on any atom is -0.481 e. The SMILES string of the molecule is NCCCC[C@@H](N)C(=O)O.N[C@H](CSCC(=O)O)C(=O)O. The largest absolute Gasteiger partial charge is 0.481 e. The number of carboxylic acids is 3. The van der Waals surface area contributed by atoms with Crippen LogP contribution in [0, 0.1) is 0 Å². The molecule has 0 rings (SSSR count). The van der Waals surface area contributed by atoms with Gasteiger partial charge in [-0.2, -0.15) is 0 Å². The van der Waals surface area contributed by atoms with Crippen LogP contribution in [-0.4, -0.2) is 63.4 Å². The van der Waals surface area contributed by atoms with Crippen LogP contribution >= 0.6 is 11.8 Å². The third-order valence-corrected chi connectivity index (χ3v) is 3.17. The Morgan fingerprint density at radius 3 is 1.86 bits per heavy atom. The lowest BCUT2D eigenvalue weighted by Gasteiger charge is -2.03. The second-order valence-electron chi connectivity index (χ2n) is 4.08. The van der Waals surface area contributed by atoms with E-state index in [1.165, 1.54) is 0 Å². The van der Waals surface area contributed by atoms with E-state index in [0.717, 1.165) is 24.6 Å². The van der Waals surface area contributed by atoms with Crippen molar-refractivity contribution in [3.8, 4) is 0 Å². The Morgan fingerprint density at radius 1 is 0.952 bits per heavy atom. The molecule has 0 aliphatic carbocycles. The second kappa shape index (κ2) is 13.6. The van der Waals surface area contributed by atoms with Crippen molar-refractivity contribution in [3.05, 3.63) is 0 Å². The average Bonchev–Trinajstić information content (AvgIpc) is 2.38. The topological polar surface area (TPSA) is 190 Å². The monoisotopic (exact) mass is 325 g/mol. The molecule has 0 unspecified atom stereocenters. The zero-order valence-electron chi connectivity index (χ0n) is 11.6. The molecule has 0 amide bonds. The summed E-state index contributed by atoms with van der Waals surface area (Å²) in [5.41, 5.74) is 15.5. The van der Waals surface area contributed by atoms with E-state index < -0.39 is 30.0 Å². The summed E-state index contributed by atoms with van der Waals surface area (Å²) in [6.07, 6.45) is 2.16. The fourth-order valence-corrected chi connectivity index (χ4v) is 1.67. The van der Waals surface area contributed by atoms with Crippen LogP contribution in [0.4, 0.5) is 0 Å². The van der Waals surface area contributed by atoms with Crippen molar-refractivity contribution in [3.63, 3.8) is 0 Å². The number of rotatable bonds is 10. The molecule has 21 heavy (non-hydrogen) atoms. The molecule has 0 saturated heterocycles. The predicted octanol–water partition coefficient (Wildman–Crippen LogP) is -1.26. The lowest BCUT2D eigenvalue weighted by Crippen LogP contribution is -2.32. The highest BCUT2D eigenvalue weighted by molar-refractivity contribution is 8.00. The van der Waals surface area contributed by atoms with Gasteiger partial charge in [0, 0.05) is 5.75 Å². The van der Waals surface area contributed by atoms with Gasteiger partial charge in [0.2, 0.25) is 0 Å². The summed E-state index contributed by atoms with van der Waals surface area (Å²) in [6, 6.07) is -1.69. The molecule has 0 aromatic heterocycles. The standard InChI is InChI=1S/C6H14N2O2.C5H9NO4S/c7-4-2-1-3-5(8)6(9)10;6-3(5(9)10)1-11-2-4(7)8/h5H,1-4,7-8H2,(H,9,10);3H,1-2,6H2,(H,7,8)(H,9,10)/t5-;3-/m11/s1. The molecule has 124 valence electrons. The van der Waals surface area contributed by atoms with Crippen molar-refractivity contribution in [2.75, 3.05) is 18.1 Å². The maximum atomic E-state index is 10.1. The quantitative estimate of drug-likeness (QED) is 0.264. The number of aliphatic carboxylic acids is 3. The highest BCUT2D eigenvalue weighted by Crippen LogP contribution is 2.00. The first-order valence-corrected chi connectivity index (χ1v) is 7.34. The Balaban J connectivity index is 0. The number of unbranched alkanes of at least 4 members (excludes halogenated alkanes) is 1. The van der Waals surface area contributed by atoms with Crippen molar-refractivity contribution < 1.29 is 29.7 Å². The Hall–Kier alpha value is -1.36. The van der Waals surface area contributed by atoms with Crippen LogP contribution in [0.15, 0.2) is 0 Å². The van der Waals surface area contributed by atoms with Crippen molar-refractivity contribution in [1.82, 2.24) is 0 Å². The van der Waals surface area contributed by atoms with Crippen molar-refractivity contribution in [2.45, 2.75) is 31.3 Å². The van der Waals surface area contributed by atoms with Crippen molar-refractivity contribution in [2.24, 2.45) is 17.2 Å². The highest BCUT2D eigenvalue weighted by atomic mass is 32.2. The van der Waals surface area contributed by atoms with Gasteiger partial charge in [-0.05, 0) is 19.4 Å². The molecule has 2 atom stereocenters. The first-order chi connectivity index (χ1) is 9.72. The molecule has 0 aromatic rings. The van der Waals surface area contributed by atoms with Crippen LogP contribution < -0.4 is 17.2 Å². The Labute approximate surface area is 126 Å². The molecule has 0 bridgehead atoms. The van der Waals surface area contributed by atoms with E-state index in [9.17, 15) is 14.4 Å². The summed E-state index contributed by atoms with van der Waals surface area (Å²) in [6.45, 7) is 0.604. The van der Waals surface area contributed by atoms with E-state index in [-0.39, 0.29) is 11.5 Å². The average molecular weight is 325 g/mol. The van der Waals surface area contributed by atoms with E-state index >= 15 is 0 Å². The Morgan fingerprint density at radius 2 is 1.48 bits per heavy atom. The molecule has 9 nitrogen and oxygen atoms in total. The second-order valence-corrected chi connectivity index (χ2v) is 5.11. The molecular weight excluding hydrogens is 302 g/mol. The highest BCUT2D eigenvalue weighted by Gasteiger charge is 2.11. The maximum absolute atomic E-state index is 10.1. The molecule has 0 heterocycles. The van der Waals surface area contributed by atoms with Gasteiger partial charge in [0.25, 0.3) is 0 Å². The Kier molecular flexibility index (Phi) is 14.2. The number of carboxylic acid groups (broad SMARTS) is 3. The number of thioether (sulfide) groups is 1. The molecular formula is C11H23N3O6S. The first kappa shape index (κ1) is 21.9. The summed E-state index contributed by atoms with van der Waals surface area (Å²) >= 11 is 0.992. The van der Waals surface area contributed by atoms with Gasteiger partial charge < -0.3 is 32.5 Å². The fraction of sp³-hybridized carbons (Fsp3) is 0.727. The zero-order valence-corrected chi connectivity index (χ0v) is 12.4. The summed E-state index contributed by atoms with van der Waals surface area (Å²) in [4.78, 5) is 30.2.